The van der Waals surface area contributed by atoms with Gasteiger partial charge in [-0.25, -0.2) is 0 Å². The number of benzene rings is 2. The molecule has 20 heavy (non-hydrogen) atoms. The van der Waals surface area contributed by atoms with Gasteiger partial charge in [-0.2, -0.15) is 0 Å². The lowest BCUT2D eigenvalue weighted by Crippen LogP contribution is -2.01. The van der Waals surface area contributed by atoms with Gasteiger partial charge in [0.05, 0.1) is 0 Å². The highest BCUT2D eigenvalue weighted by atomic mass is 15.0. The molecule has 2 aromatic carbocycles. The molecule has 0 atom stereocenters. The number of hydrogen-bond acceptors (Lipinski definition) is 2. The fourth-order valence-corrected chi connectivity index (χ4v) is 2.96. The van der Waals surface area contributed by atoms with E-state index < -0.39 is 0 Å². The molecule has 0 aliphatic carbocycles. The van der Waals surface area contributed by atoms with Crippen LogP contribution in [-0.2, 0) is 13.1 Å². The van der Waals surface area contributed by atoms with Crippen LogP contribution in [-0.4, -0.2) is 4.57 Å². The third kappa shape index (κ3) is 1.90. The highest BCUT2D eigenvalue weighted by molar-refractivity contribution is 6.08. The van der Waals surface area contributed by atoms with Gasteiger partial charge in [-0.1, -0.05) is 12.1 Å². The second kappa shape index (κ2) is 4.93. The minimum Gasteiger partial charge on any atom is -0.338 e. The minimum atomic E-state index is 0.419. The molecule has 1 heterocycles. The van der Waals surface area contributed by atoms with Crippen LogP contribution in [0.3, 0.4) is 0 Å². The standard InChI is InChI=1S/C17H21N3/c1-11(2)20-16-5-3-12(9-18)7-14(16)15-8-13(10-19)4-6-17(15)20/h3-8,11H,9-10,18-19H2,1-2H3. The SMILES string of the molecule is CC(C)n1c2ccc(CN)cc2c2cc(CN)ccc21. The monoisotopic (exact) mass is 267 g/mol. The number of hydrogen-bond donors (Lipinski definition) is 2. The molecule has 4 N–H and O–H groups in total. The van der Waals surface area contributed by atoms with Gasteiger partial charge >= 0.3 is 0 Å². The van der Waals surface area contributed by atoms with E-state index in [-0.39, 0.29) is 0 Å². The molecular formula is C17H21N3. The van der Waals surface area contributed by atoms with Crippen LogP contribution in [0.5, 0.6) is 0 Å². The van der Waals surface area contributed by atoms with E-state index >= 15 is 0 Å². The van der Waals surface area contributed by atoms with Gasteiger partial charge in [0.1, 0.15) is 0 Å². The third-order valence-corrected chi connectivity index (χ3v) is 3.92. The summed E-state index contributed by atoms with van der Waals surface area (Å²) in [7, 11) is 0. The van der Waals surface area contributed by atoms with E-state index in [1.807, 2.05) is 0 Å². The van der Waals surface area contributed by atoms with Crippen LogP contribution in [0.25, 0.3) is 21.8 Å². The molecule has 1 aromatic heterocycles. The first-order valence-corrected chi connectivity index (χ1v) is 7.11. The summed E-state index contributed by atoms with van der Waals surface area (Å²) in [5.41, 5.74) is 16.4. The fraction of sp³-hybridized carbons (Fsp3) is 0.294. The quantitative estimate of drug-likeness (QED) is 0.765. The van der Waals surface area contributed by atoms with Crippen molar-refractivity contribution in [3.63, 3.8) is 0 Å². The van der Waals surface area contributed by atoms with Crippen molar-refractivity contribution in [3.8, 4) is 0 Å². The molecule has 0 fully saturated rings. The lowest BCUT2D eigenvalue weighted by Gasteiger charge is -2.11. The van der Waals surface area contributed by atoms with Gasteiger partial charge in [-0.05, 0) is 49.2 Å². The van der Waals surface area contributed by atoms with Crippen molar-refractivity contribution in [1.29, 1.82) is 0 Å². The zero-order valence-corrected chi connectivity index (χ0v) is 12.1. The molecule has 0 saturated carbocycles. The van der Waals surface area contributed by atoms with Gasteiger partial charge in [0.2, 0.25) is 0 Å². The third-order valence-electron chi connectivity index (χ3n) is 3.92. The summed E-state index contributed by atoms with van der Waals surface area (Å²) in [6.45, 7) is 5.57. The largest absolute Gasteiger partial charge is 0.338 e. The van der Waals surface area contributed by atoms with E-state index in [1.165, 1.54) is 32.9 Å². The topological polar surface area (TPSA) is 57.0 Å². The molecule has 0 radical (unpaired) electrons. The van der Waals surface area contributed by atoms with Gasteiger partial charge in [0, 0.05) is 40.9 Å². The van der Waals surface area contributed by atoms with E-state index in [2.05, 4.69) is 54.8 Å². The number of fused-ring (bicyclic) bond motifs is 3. The molecule has 0 amide bonds. The van der Waals surface area contributed by atoms with Crippen LogP contribution >= 0.6 is 0 Å². The van der Waals surface area contributed by atoms with Crippen LogP contribution in [0.4, 0.5) is 0 Å². The second-order valence-corrected chi connectivity index (χ2v) is 5.58. The summed E-state index contributed by atoms with van der Waals surface area (Å²) in [5, 5.41) is 2.54. The molecule has 0 spiro atoms. The maximum Gasteiger partial charge on any atom is 0.0494 e. The molecule has 0 bridgehead atoms. The summed E-state index contributed by atoms with van der Waals surface area (Å²) < 4.78 is 2.38. The first kappa shape index (κ1) is 13.2. The van der Waals surface area contributed by atoms with Crippen molar-refractivity contribution in [3.05, 3.63) is 47.5 Å². The molecular weight excluding hydrogens is 246 g/mol. The zero-order chi connectivity index (χ0) is 14.3. The van der Waals surface area contributed by atoms with Gasteiger partial charge in [0.15, 0.2) is 0 Å². The average molecular weight is 267 g/mol. The Kier molecular flexibility index (Phi) is 3.24. The molecule has 3 heteroatoms. The molecule has 0 aliphatic heterocycles. The molecule has 104 valence electrons. The highest BCUT2D eigenvalue weighted by Crippen LogP contribution is 2.33. The second-order valence-electron chi connectivity index (χ2n) is 5.58. The lowest BCUT2D eigenvalue weighted by atomic mass is 10.1. The van der Waals surface area contributed by atoms with Gasteiger partial charge < -0.3 is 16.0 Å². The Balaban J connectivity index is 2.45. The van der Waals surface area contributed by atoms with Crippen molar-refractivity contribution in [2.45, 2.75) is 33.0 Å². The van der Waals surface area contributed by atoms with E-state index in [4.69, 9.17) is 11.5 Å². The Morgan fingerprint density at radius 2 is 1.30 bits per heavy atom. The number of nitrogens with two attached hydrogens (primary N) is 2. The van der Waals surface area contributed by atoms with Crippen LogP contribution in [0, 0.1) is 0 Å². The Bertz CT molecular complexity index is 707. The van der Waals surface area contributed by atoms with Crippen LogP contribution < -0.4 is 11.5 Å². The number of rotatable bonds is 3. The van der Waals surface area contributed by atoms with E-state index in [1.54, 1.807) is 0 Å². The van der Waals surface area contributed by atoms with Crippen molar-refractivity contribution in [2.24, 2.45) is 11.5 Å². The van der Waals surface area contributed by atoms with Crippen LogP contribution in [0.15, 0.2) is 36.4 Å². The maximum atomic E-state index is 5.78. The zero-order valence-electron chi connectivity index (χ0n) is 12.1. The summed E-state index contributed by atoms with van der Waals surface area (Å²) in [5.74, 6) is 0. The van der Waals surface area contributed by atoms with Crippen LogP contribution in [0.1, 0.15) is 31.0 Å². The molecule has 3 nitrogen and oxygen atoms in total. The summed E-state index contributed by atoms with van der Waals surface area (Å²) in [6, 6.07) is 13.4. The predicted octanol–water partition coefficient (Wildman–Crippen LogP) is 3.29. The highest BCUT2D eigenvalue weighted by Gasteiger charge is 2.13. The molecule has 0 aliphatic rings. The Morgan fingerprint density at radius 1 is 0.850 bits per heavy atom. The van der Waals surface area contributed by atoms with E-state index in [9.17, 15) is 0 Å². The average Bonchev–Trinajstić information content (AvgIpc) is 2.79. The Hall–Kier alpha value is -1.84. The Labute approximate surface area is 119 Å². The summed E-state index contributed by atoms with van der Waals surface area (Å²) >= 11 is 0. The molecule has 0 unspecified atom stereocenters. The van der Waals surface area contributed by atoms with Crippen molar-refractivity contribution in [1.82, 2.24) is 4.57 Å². The summed E-state index contributed by atoms with van der Waals surface area (Å²) in [4.78, 5) is 0. The van der Waals surface area contributed by atoms with Crippen molar-refractivity contribution < 1.29 is 0 Å². The lowest BCUT2D eigenvalue weighted by molar-refractivity contribution is 0.642. The Morgan fingerprint density at radius 3 is 1.65 bits per heavy atom. The maximum absolute atomic E-state index is 5.78. The smallest absolute Gasteiger partial charge is 0.0494 e. The van der Waals surface area contributed by atoms with Gasteiger partial charge in [-0.3, -0.25) is 0 Å². The molecule has 3 rings (SSSR count). The van der Waals surface area contributed by atoms with Crippen molar-refractivity contribution >= 4 is 21.8 Å². The first-order chi connectivity index (χ1) is 9.65. The number of aromatic nitrogens is 1. The van der Waals surface area contributed by atoms with Crippen molar-refractivity contribution in [2.75, 3.05) is 0 Å². The fourth-order valence-electron chi connectivity index (χ4n) is 2.96. The first-order valence-electron chi connectivity index (χ1n) is 7.11. The van der Waals surface area contributed by atoms with E-state index in [0.29, 0.717) is 19.1 Å². The van der Waals surface area contributed by atoms with Gasteiger partial charge in [-0.15, -0.1) is 0 Å². The van der Waals surface area contributed by atoms with Gasteiger partial charge in [0.25, 0.3) is 0 Å². The summed E-state index contributed by atoms with van der Waals surface area (Å²) in [6.07, 6.45) is 0. The number of nitrogens with zero attached hydrogens (tertiary/aromatic N) is 1. The normalized spacial score (nSPS) is 11.8. The van der Waals surface area contributed by atoms with E-state index in [0.717, 1.165) is 0 Å². The minimum absolute atomic E-state index is 0.419. The van der Waals surface area contributed by atoms with Crippen LogP contribution in [0.2, 0.25) is 0 Å². The molecule has 3 aromatic rings. The molecule has 0 saturated heterocycles. The predicted molar refractivity (Wildman–Crippen MR) is 85.6 cm³/mol.